The van der Waals surface area contributed by atoms with E-state index in [1.807, 2.05) is 6.92 Å². The zero-order valence-corrected chi connectivity index (χ0v) is 11.1. The van der Waals surface area contributed by atoms with Crippen LogP contribution < -0.4 is 5.73 Å². The maximum Gasteiger partial charge on any atom is 0.233 e. The second-order valence-corrected chi connectivity index (χ2v) is 4.76. The van der Waals surface area contributed by atoms with Gasteiger partial charge < -0.3 is 20.6 Å². The number of carbonyl (C=O) groups excluding carboxylic acids is 1. The summed E-state index contributed by atoms with van der Waals surface area (Å²) >= 11 is 0. The highest BCUT2D eigenvalue weighted by atomic mass is 16.5. The number of amides is 1. The Labute approximate surface area is 108 Å². The molecule has 0 radical (unpaired) electrons. The van der Waals surface area contributed by atoms with Crippen molar-refractivity contribution < 1.29 is 14.7 Å². The molecule has 1 aliphatic rings. The molecule has 0 spiro atoms. The van der Waals surface area contributed by atoms with Gasteiger partial charge in [-0.1, -0.05) is 18.5 Å². The number of amidine groups is 1. The van der Waals surface area contributed by atoms with E-state index in [4.69, 9.17) is 15.7 Å². The van der Waals surface area contributed by atoms with Gasteiger partial charge >= 0.3 is 0 Å². The number of nitrogens with two attached hydrogens (primary N) is 1. The largest absolute Gasteiger partial charge is 0.409 e. The van der Waals surface area contributed by atoms with Crippen molar-refractivity contribution in [2.24, 2.45) is 22.7 Å². The minimum Gasteiger partial charge on any atom is -0.409 e. The molecule has 3 N–H and O–H groups in total. The zero-order valence-electron chi connectivity index (χ0n) is 11.1. The average molecular weight is 257 g/mol. The number of hydrogen-bond acceptors (Lipinski definition) is 4. The van der Waals surface area contributed by atoms with Gasteiger partial charge in [-0.3, -0.25) is 4.79 Å². The maximum absolute atomic E-state index is 12.3. The Hall–Kier alpha value is -1.30. The number of methoxy groups -OCH3 is 1. The summed E-state index contributed by atoms with van der Waals surface area (Å²) in [6.45, 7) is 4.08. The lowest BCUT2D eigenvalue weighted by Gasteiger charge is -2.22. The second-order valence-electron chi connectivity index (χ2n) is 4.76. The number of carbonyl (C=O) groups is 1. The van der Waals surface area contributed by atoms with Crippen LogP contribution in [0.5, 0.6) is 0 Å². The van der Waals surface area contributed by atoms with Gasteiger partial charge in [0.2, 0.25) is 5.91 Å². The van der Waals surface area contributed by atoms with E-state index in [0.29, 0.717) is 25.5 Å². The molecule has 0 aliphatic carbocycles. The molecule has 0 aromatic carbocycles. The fourth-order valence-corrected chi connectivity index (χ4v) is 2.38. The molecule has 0 bridgehead atoms. The quantitative estimate of drug-likeness (QED) is 0.316. The van der Waals surface area contributed by atoms with Gasteiger partial charge in [0.1, 0.15) is 0 Å². The lowest BCUT2D eigenvalue weighted by Crippen LogP contribution is -2.41. The van der Waals surface area contributed by atoms with Crippen LogP contribution >= 0.6 is 0 Å². The van der Waals surface area contributed by atoms with E-state index in [1.165, 1.54) is 0 Å². The summed E-state index contributed by atoms with van der Waals surface area (Å²) in [5.41, 5.74) is 5.59. The Morgan fingerprint density at radius 3 is 2.94 bits per heavy atom. The van der Waals surface area contributed by atoms with Crippen molar-refractivity contribution in [2.45, 2.75) is 26.2 Å². The van der Waals surface area contributed by atoms with Crippen LogP contribution in [0.4, 0.5) is 0 Å². The summed E-state index contributed by atoms with van der Waals surface area (Å²) in [5.74, 6) is -0.127. The standard InChI is InChI=1S/C12H23N3O3/c1-3-4-10(11(13)14-17)12(16)15-6-5-9(7-15)8-18-2/h9-10,17H,3-8H2,1-2H3,(H2,13,14). The van der Waals surface area contributed by atoms with Crippen molar-refractivity contribution in [2.75, 3.05) is 26.8 Å². The summed E-state index contributed by atoms with van der Waals surface area (Å²) in [7, 11) is 1.67. The van der Waals surface area contributed by atoms with Crippen molar-refractivity contribution in [1.82, 2.24) is 4.90 Å². The van der Waals surface area contributed by atoms with E-state index >= 15 is 0 Å². The molecule has 1 amide bonds. The molecule has 6 nitrogen and oxygen atoms in total. The minimum absolute atomic E-state index is 0.0111. The van der Waals surface area contributed by atoms with Crippen LogP contribution in [0.15, 0.2) is 5.16 Å². The number of oxime groups is 1. The molecular weight excluding hydrogens is 234 g/mol. The Morgan fingerprint density at radius 1 is 1.67 bits per heavy atom. The summed E-state index contributed by atoms with van der Waals surface area (Å²) < 4.78 is 5.10. The van der Waals surface area contributed by atoms with Crippen LogP contribution in [0.1, 0.15) is 26.2 Å². The highest BCUT2D eigenvalue weighted by molar-refractivity contribution is 6.02. The first-order valence-corrected chi connectivity index (χ1v) is 6.39. The smallest absolute Gasteiger partial charge is 0.233 e. The molecule has 0 aromatic rings. The third-order valence-corrected chi connectivity index (χ3v) is 3.35. The molecule has 1 saturated heterocycles. The molecule has 2 unspecified atom stereocenters. The maximum atomic E-state index is 12.3. The molecule has 18 heavy (non-hydrogen) atoms. The minimum atomic E-state index is -0.499. The second kappa shape index (κ2) is 7.20. The zero-order chi connectivity index (χ0) is 13.5. The van der Waals surface area contributed by atoms with Gasteiger partial charge in [-0.05, 0) is 12.8 Å². The van der Waals surface area contributed by atoms with Crippen molar-refractivity contribution in [3.05, 3.63) is 0 Å². The third kappa shape index (κ3) is 3.60. The Morgan fingerprint density at radius 2 is 2.39 bits per heavy atom. The summed E-state index contributed by atoms with van der Waals surface area (Å²) in [6, 6.07) is 0. The first-order valence-electron chi connectivity index (χ1n) is 6.39. The average Bonchev–Trinajstić information content (AvgIpc) is 2.83. The van der Waals surface area contributed by atoms with E-state index in [0.717, 1.165) is 19.4 Å². The molecule has 2 atom stereocenters. The van der Waals surface area contributed by atoms with Crippen LogP contribution in [0, 0.1) is 11.8 Å². The summed E-state index contributed by atoms with van der Waals surface area (Å²) in [4.78, 5) is 14.1. The molecule has 1 fully saturated rings. The SMILES string of the molecule is CCCC(C(=O)N1CCC(COC)C1)C(N)=NO. The predicted molar refractivity (Wildman–Crippen MR) is 68.4 cm³/mol. The third-order valence-electron chi connectivity index (χ3n) is 3.35. The van der Waals surface area contributed by atoms with Crippen molar-refractivity contribution in [1.29, 1.82) is 0 Å². The van der Waals surface area contributed by atoms with Gasteiger partial charge in [0.05, 0.1) is 12.5 Å². The Balaban J connectivity index is 2.61. The van der Waals surface area contributed by atoms with Crippen molar-refractivity contribution in [3.63, 3.8) is 0 Å². The number of likely N-dealkylation sites (tertiary alicyclic amines) is 1. The van der Waals surface area contributed by atoms with Crippen LogP contribution in [-0.2, 0) is 9.53 Å². The normalized spacial score (nSPS) is 22.2. The summed E-state index contributed by atoms with van der Waals surface area (Å²) in [5, 5.41) is 11.7. The number of ether oxygens (including phenoxy) is 1. The lowest BCUT2D eigenvalue weighted by atomic mass is 10.0. The number of hydrogen-bond donors (Lipinski definition) is 2. The fourth-order valence-electron chi connectivity index (χ4n) is 2.38. The van der Waals surface area contributed by atoms with E-state index in [2.05, 4.69) is 5.16 Å². The monoisotopic (exact) mass is 257 g/mol. The Bertz CT molecular complexity index is 307. The van der Waals surface area contributed by atoms with Crippen molar-refractivity contribution >= 4 is 11.7 Å². The van der Waals surface area contributed by atoms with Gasteiger partial charge in [0.15, 0.2) is 5.84 Å². The Kier molecular flexibility index (Phi) is 5.91. The number of rotatable bonds is 6. The predicted octanol–water partition coefficient (Wildman–Crippen LogP) is 0.644. The molecule has 1 heterocycles. The fraction of sp³-hybridized carbons (Fsp3) is 0.833. The lowest BCUT2D eigenvalue weighted by molar-refractivity contribution is -0.132. The van der Waals surface area contributed by atoms with Crippen LogP contribution in [0.25, 0.3) is 0 Å². The molecule has 1 aliphatic heterocycles. The molecular formula is C12H23N3O3. The van der Waals surface area contributed by atoms with Gasteiger partial charge in [-0.2, -0.15) is 0 Å². The topological polar surface area (TPSA) is 88.2 Å². The van der Waals surface area contributed by atoms with E-state index in [9.17, 15) is 4.79 Å². The van der Waals surface area contributed by atoms with Crippen LogP contribution in [0.2, 0.25) is 0 Å². The first-order chi connectivity index (χ1) is 8.63. The number of nitrogens with zero attached hydrogens (tertiary/aromatic N) is 2. The molecule has 0 aromatic heterocycles. The van der Waals surface area contributed by atoms with Crippen LogP contribution in [0.3, 0.4) is 0 Å². The van der Waals surface area contributed by atoms with Gasteiger partial charge in [-0.25, -0.2) is 0 Å². The van der Waals surface area contributed by atoms with Crippen LogP contribution in [-0.4, -0.2) is 48.7 Å². The first kappa shape index (κ1) is 14.8. The molecule has 6 heteroatoms. The highest BCUT2D eigenvalue weighted by Gasteiger charge is 2.32. The van der Waals surface area contributed by atoms with Gasteiger partial charge in [0.25, 0.3) is 0 Å². The van der Waals surface area contributed by atoms with Gasteiger partial charge in [-0.15, -0.1) is 0 Å². The van der Waals surface area contributed by atoms with E-state index in [-0.39, 0.29) is 11.7 Å². The van der Waals surface area contributed by atoms with E-state index < -0.39 is 5.92 Å². The van der Waals surface area contributed by atoms with Crippen molar-refractivity contribution in [3.8, 4) is 0 Å². The summed E-state index contributed by atoms with van der Waals surface area (Å²) in [6.07, 6.45) is 2.39. The van der Waals surface area contributed by atoms with E-state index in [1.54, 1.807) is 12.0 Å². The molecule has 0 saturated carbocycles. The molecule has 104 valence electrons. The highest BCUT2D eigenvalue weighted by Crippen LogP contribution is 2.20. The molecule has 1 rings (SSSR count). The van der Waals surface area contributed by atoms with Gasteiger partial charge in [0, 0.05) is 26.1 Å².